The summed E-state index contributed by atoms with van der Waals surface area (Å²) in [6.07, 6.45) is 1.97. The van der Waals surface area contributed by atoms with E-state index in [2.05, 4.69) is 10.1 Å². The van der Waals surface area contributed by atoms with Crippen molar-refractivity contribution in [3.63, 3.8) is 0 Å². The fourth-order valence-electron chi connectivity index (χ4n) is 0.505. The van der Waals surface area contributed by atoms with E-state index in [-0.39, 0.29) is 0 Å². The molecule has 0 spiro atoms. The van der Waals surface area contributed by atoms with E-state index in [1.165, 1.54) is 18.9 Å². The lowest BCUT2D eigenvalue weighted by atomic mass is 10.4. The Morgan fingerprint density at radius 3 is 2.82 bits per heavy atom. The molecule has 0 heterocycles. The molecule has 0 saturated heterocycles. The van der Waals surface area contributed by atoms with Gasteiger partial charge < -0.3 is 14.8 Å². The summed E-state index contributed by atoms with van der Waals surface area (Å²) < 4.78 is 4.31. The number of thioether (sulfide) groups is 1. The van der Waals surface area contributed by atoms with E-state index < -0.39 is 12.1 Å². The lowest BCUT2D eigenvalue weighted by Crippen LogP contribution is -2.37. The molecular weight excluding hydrogens is 166 g/mol. The second-order valence-corrected chi connectivity index (χ2v) is 2.74. The molecule has 4 nitrogen and oxygen atoms in total. The lowest BCUT2D eigenvalue weighted by Gasteiger charge is -2.08. The van der Waals surface area contributed by atoms with E-state index in [0.717, 1.165) is 0 Å². The quantitative estimate of drug-likeness (QED) is 0.626. The number of nitrogens with one attached hydrogen (secondary N) is 1. The Balaban J connectivity index is 3.67. The standard InChI is InChI=1S/C6H11NO3S/c1-10-6(9)7-5(3-8)4-11-2/h3,5H,4H2,1-2H3,(H,7,9). The van der Waals surface area contributed by atoms with Gasteiger partial charge in [-0.1, -0.05) is 0 Å². The fourth-order valence-corrected chi connectivity index (χ4v) is 1.03. The molecule has 5 heteroatoms. The third-order valence-electron chi connectivity index (χ3n) is 0.999. The zero-order valence-corrected chi connectivity index (χ0v) is 7.31. The minimum absolute atomic E-state index is 0.447. The third-order valence-corrected chi connectivity index (χ3v) is 1.69. The Morgan fingerprint density at radius 2 is 2.45 bits per heavy atom. The zero-order valence-electron chi connectivity index (χ0n) is 6.49. The van der Waals surface area contributed by atoms with Gasteiger partial charge >= 0.3 is 6.09 Å². The van der Waals surface area contributed by atoms with Gasteiger partial charge in [0.2, 0.25) is 0 Å². The Morgan fingerprint density at radius 1 is 1.82 bits per heavy atom. The van der Waals surface area contributed by atoms with Crippen LogP contribution in [0.15, 0.2) is 0 Å². The second kappa shape index (κ2) is 6.03. The number of carbonyl (C=O) groups excluding carboxylic acids is 2. The van der Waals surface area contributed by atoms with Gasteiger partial charge in [-0.15, -0.1) is 0 Å². The molecule has 0 aliphatic heterocycles. The number of alkyl carbamates (subject to hydrolysis) is 1. The molecule has 0 rings (SSSR count). The maximum atomic E-state index is 10.6. The molecule has 0 bridgehead atoms. The van der Waals surface area contributed by atoms with Crippen LogP contribution in [-0.2, 0) is 9.53 Å². The number of hydrogen-bond acceptors (Lipinski definition) is 4. The Hall–Kier alpha value is -0.710. The highest BCUT2D eigenvalue weighted by atomic mass is 32.2. The van der Waals surface area contributed by atoms with Crippen LogP contribution in [0.4, 0.5) is 4.79 Å². The molecule has 0 saturated carbocycles. The van der Waals surface area contributed by atoms with E-state index in [4.69, 9.17) is 0 Å². The number of carbonyl (C=O) groups is 2. The highest BCUT2D eigenvalue weighted by Gasteiger charge is 2.09. The van der Waals surface area contributed by atoms with Gasteiger partial charge in [-0.3, -0.25) is 0 Å². The maximum absolute atomic E-state index is 10.6. The highest BCUT2D eigenvalue weighted by Crippen LogP contribution is 1.94. The van der Waals surface area contributed by atoms with Crippen LogP contribution in [0.3, 0.4) is 0 Å². The van der Waals surface area contributed by atoms with Crippen LogP contribution in [0.1, 0.15) is 0 Å². The molecule has 0 aromatic carbocycles. The minimum Gasteiger partial charge on any atom is -0.453 e. The van der Waals surface area contributed by atoms with Crippen molar-refractivity contribution >= 4 is 24.1 Å². The topological polar surface area (TPSA) is 55.4 Å². The number of amides is 1. The van der Waals surface area contributed by atoms with Gasteiger partial charge in [0, 0.05) is 5.75 Å². The Bertz CT molecular complexity index is 140. The van der Waals surface area contributed by atoms with E-state index >= 15 is 0 Å². The summed E-state index contributed by atoms with van der Waals surface area (Å²) in [5.41, 5.74) is 0. The monoisotopic (exact) mass is 177 g/mol. The van der Waals surface area contributed by atoms with Crippen molar-refractivity contribution in [2.75, 3.05) is 19.1 Å². The SMILES string of the molecule is COC(=O)NC(C=O)CSC. The average Bonchev–Trinajstić information content (AvgIpc) is 2.03. The van der Waals surface area contributed by atoms with Crippen LogP contribution >= 0.6 is 11.8 Å². The molecule has 1 amide bonds. The molecule has 1 unspecified atom stereocenters. The van der Waals surface area contributed by atoms with Crippen LogP contribution in [-0.4, -0.2) is 37.5 Å². The number of hydrogen-bond donors (Lipinski definition) is 1. The molecule has 0 aromatic heterocycles. The lowest BCUT2D eigenvalue weighted by molar-refractivity contribution is -0.109. The van der Waals surface area contributed by atoms with Gasteiger partial charge in [0.1, 0.15) is 6.29 Å². The maximum Gasteiger partial charge on any atom is 0.407 e. The molecule has 64 valence electrons. The predicted octanol–water partition coefficient (Wildman–Crippen LogP) is 0.273. The second-order valence-electron chi connectivity index (χ2n) is 1.83. The first-order chi connectivity index (χ1) is 5.24. The van der Waals surface area contributed by atoms with E-state index in [0.29, 0.717) is 12.0 Å². The zero-order chi connectivity index (χ0) is 8.69. The molecule has 0 radical (unpaired) electrons. The molecule has 1 atom stereocenters. The van der Waals surface area contributed by atoms with Crippen LogP contribution in [0.25, 0.3) is 0 Å². The van der Waals surface area contributed by atoms with Crippen molar-refractivity contribution in [1.29, 1.82) is 0 Å². The first-order valence-electron chi connectivity index (χ1n) is 3.03. The Labute approximate surface area is 69.7 Å². The van der Waals surface area contributed by atoms with Crippen molar-refractivity contribution < 1.29 is 14.3 Å². The van der Waals surface area contributed by atoms with Gasteiger partial charge in [0.25, 0.3) is 0 Å². The summed E-state index contributed by atoms with van der Waals surface area (Å²) in [7, 11) is 1.26. The van der Waals surface area contributed by atoms with E-state index in [1.54, 1.807) is 0 Å². The molecule has 1 N–H and O–H groups in total. The fraction of sp³-hybridized carbons (Fsp3) is 0.667. The molecule has 0 fully saturated rings. The van der Waals surface area contributed by atoms with E-state index in [9.17, 15) is 9.59 Å². The summed E-state index contributed by atoms with van der Waals surface area (Å²) in [4.78, 5) is 20.8. The predicted molar refractivity (Wildman–Crippen MR) is 43.8 cm³/mol. The summed E-state index contributed by atoms with van der Waals surface area (Å²) in [6, 6.07) is -0.447. The number of rotatable bonds is 4. The highest BCUT2D eigenvalue weighted by molar-refractivity contribution is 7.98. The van der Waals surface area contributed by atoms with Gasteiger partial charge in [0.15, 0.2) is 0 Å². The molecule has 11 heavy (non-hydrogen) atoms. The number of methoxy groups -OCH3 is 1. The van der Waals surface area contributed by atoms with Crippen molar-refractivity contribution in [2.45, 2.75) is 6.04 Å². The largest absolute Gasteiger partial charge is 0.453 e. The van der Waals surface area contributed by atoms with Crippen LogP contribution in [0, 0.1) is 0 Å². The number of ether oxygens (including phenoxy) is 1. The molecular formula is C6H11NO3S. The van der Waals surface area contributed by atoms with Gasteiger partial charge in [-0.25, -0.2) is 4.79 Å². The molecule has 0 aliphatic rings. The van der Waals surface area contributed by atoms with Crippen molar-refractivity contribution in [3.8, 4) is 0 Å². The first kappa shape index (κ1) is 10.3. The summed E-state index contributed by atoms with van der Waals surface area (Å²) in [5, 5.41) is 2.37. The van der Waals surface area contributed by atoms with E-state index in [1.807, 2.05) is 6.26 Å². The summed E-state index contributed by atoms with van der Waals surface area (Å²) >= 11 is 1.49. The molecule has 0 aliphatic carbocycles. The number of aldehydes is 1. The van der Waals surface area contributed by atoms with Crippen LogP contribution in [0.2, 0.25) is 0 Å². The summed E-state index contributed by atoms with van der Waals surface area (Å²) in [6.45, 7) is 0. The first-order valence-corrected chi connectivity index (χ1v) is 4.42. The molecule has 0 aromatic rings. The Kier molecular flexibility index (Phi) is 5.64. The van der Waals surface area contributed by atoms with Crippen LogP contribution < -0.4 is 5.32 Å². The van der Waals surface area contributed by atoms with Gasteiger partial charge in [0.05, 0.1) is 13.2 Å². The summed E-state index contributed by atoms with van der Waals surface area (Å²) in [5.74, 6) is 0.568. The van der Waals surface area contributed by atoms with Crippen molar-refractivity contribution in [2.24, 2.45) is 0 Å². The van der Waals surface area contributed by atoms with Crippen molar-refractivity contribution in [1.82, 2.24) is 5.32 Å². The third kappa shape index (κ3) is 4.66. The van der Waals surface area contributed by atoms with Gasteiger partial charge in [-0.2, -0.15) is 11.8 Å². The average molecular weight is 177 g/mol. The minimum atomic E-state index is -0.573. The smallest absolute Gasteiger partial charge is 0.407 e. The van der Waals surface area contributed by atoms with Crippen molar-refractivity contribution in [3.05, 3.63) is 0 Å². The van der Waals surface area contributed by atoms with Crippen LogP contribution in [0.5, 0.6) is 0 Å². The van der Waals surface area contributed by atoms with Gasteiger partial charge in [-0.05, 0) is 6.26 Å². The normalized spacial score (nSPS) is 11.8.